The number of furan rings is 1. The van der Waals surface area contributed by atoms with Crippen LogP contribution in [0.1, 0.15) is 41.1 Å². The molecule has 1 saturated heterocycles. The highest BCUT2D eigenvalue weighted by Crippen LogP contribution is 2.24. The smallest absolute Gasteiger partial charge is 0.289 e. The maximum atomic E-state index is 12.7. The van der Waals surface area contributed by atoms with E-state index in [1.807, 2.05) is 23.1 Å². The maximum absolute atomic E-state index is 12.7. The molecule has 5 nitrogen and oxygen atoms in total. The zero-order chi connectivity index (χ0) is 18.4. The summed E-state index contributed by atoms with van der Waals surface area (Å²) in [7, 11) is 3.29. The fourth-order valence-electron chi connectivity index (χ4n) is 3.52. The summed E-state index contributed by atoms with van der Waals surface area (Å²) in [5.41, 5.74) is 1.31. The van der Waals surface area contributed by atoms with Crippen LogP contribution in [0.2, 0.25) is 0 Å². The van der Waals surface area contributed by atoms with Crippen LogP contribution in [0.5, 0.6) is 5.75 Å². The number of nitrogens with zero attached hydrogens (tertiary/aromatic N) is 1. The standard InChI is InChI=1S/C21H27NO4/c1-24-15-19-11-12-20(26-19)21(23)22-13-3-4-17(14-22)6-5-16-7-9-18(25-2)10-8-16/h7-12,17H,3-6,13-15H2,1-2H3/t17-/m0/s1. The van der Waals surface area contributed by atoms with E-state index in [-0.39, 0.29) is 5.91 Å². The van der Waals surface area contributed by atoms with Gasteiger partial charge in [-0.15, -0.1) is 0 Å². The molecule has 1 aromatic carbocycles. The van der Waals surface area contributed by atoms with Gasteiger partial charge in [0.25, 0.3) is 5.91 Å². The second-order valence-electron chi connectivity index (χ2n) is 6.85. The molecular weight excluding hydrogens is 330 g/mol. The lowest BCUT2D eigenvalue weighted by Crippen LogP contribution is -2.39. The van der Waals surface area contributed by atoms with Crippen LogP contribution in [0, 0.1) is 5.92 Å². The van der Waals surface area contributed by atoms with Crippen molar-refractivity contribution >= 4 is 5.91 Å². The summed E-state index contributed by atoms with van der Waals surface area (Å²) in [6.07, 6.45) is 4.33. The van der Waals surface area contributed by atoms with Crippen molar-refractivity contribution in [3.8, 4) is 5.75 Å². The Morgan fingerprint density at radius 3 is 2.73 bits per heavy atom. The highest BCUT2D eigenvalue weighted by Gasteiger charge is 2.26. The van der Waals surface area contributed by atoms with Gasteiger partial charge in [-0.2, -0.15) is 0 Å². The van der Waals surface area contributed by atoms with Gasteiger partial charge in [0, 0.05) is 20.2 Å². The molecule has 0 radical (unpaired) electrons. The molecule has 140 valence electrons. The minimum absolute atomic E-state index is 0.0125. The van der Waals surface area contributed by atoms with E-state index in [4.69, 9.17) is 13.9 Å². The van der Waals surface area contributed by atoms with Crippen molar-refractivity contribution in [1.82, 2.24) is 4.90 Å². The predicted molar refractivity (Wildman–Crippen MR) is 99.4 cm³/mol. The number of benzene rings is 1. The highest BCUT2D eigenvalue weighted by molar-refractivity contribution is 5.91. The molecule has 0 N–H and O–H groups in total. The van der Waals surface area contributed by atoms with E-state index in [1.54, 1.807) is 20.3 Å². The summed E-state index contributed by atoms with van der Waals surface area (Å²) in [5, 5.41) is 0. The number of methoxy groups -OCH3 is 2. The van der Waals surface area contributed by atoms with Gasteiger partial charge in [-0.25, -0.2) is 0 Å². The Kier molecular flexibility index (Phi) is 6.34. The minimum atomic E-state index is -0.0125. The molecule has 1 atom stereocenters. The Morgan fingerprint density at radius 1 is 1.19 bits per heavy atom. The van der Waals surface area contributed by atoms with Crippen LogP contribution < -0.4 is 4.74 Å². The molecule has 2 heterocycles. The van der Waals surface area contributed by atoms with E-state index < -0.39 is 0 Å². The number of aryl methyl sites for hydroxylation is 1. The summed E-state index contributed by atoms with van der Waals surface area (Å²) >= 11 is 0. The van der Waals surface area contributed by atoms with E-state index in [0.29, 0.717) is 24.0 Å². The zero-order valence-electron chi connectivity index (χ0n) is 15.6. The van der Waals surface area contributed by atoms with Crippen LogP contribution in [-0.4, -0.2) is 38.1 Å². The molecule has 0 spiro atoms. The van der Waals surface area contributed by atoms with Crippen LogP contribution in [0.15, 0.2) is 40.8 Å². The zero-order valence-corrected chi connectivity index (χ0v) is 15.6. The lowest BCUT2D eigenvalue weighted by atomic mass is 9.91. The minimum Gasteiger partial charge on any atom is -0.497 e. The molecule has 0 saturated carbocycles. The monoisotopic (exact) mass is 357 g/mol. The topological polar surface area (TPSA) is 51.9 Å². The fourth-order valence-corrected chi connectivity index (χ4v) is 3.52. The van der Waals surface area contributed by atoms with Crippen LogP contribution in [0.4, 0.5) is 0 Å². The SMILES string of the molecule is COCc1ccc(C(=O)N2CCC[C@@H](CCc3ccc(OC)cc3)C2)o1. The summed E-state index contributed by atoms with van der Waals surface area (Å²) in [6, 6.07) is 11.8. The molecule has 1 aliphatic rings. The molecule has 5 heteroatoms. The van der Waals surface area contributed by atoms with E-state index in [2.05, 4.69) is 12.1 Å². The Labute approximate surface area is 154 Å². The second-order valence-corrected chi connectivity index (χ2v) is 6.85. The molecule has 0 unspecified atom stereocenters. The number of carbonyl (C=O) groups excluding carboxylic acids is 1. The molecule has 3 rings (SSSR count). The molecule has 26 heavy (non-hydrogen) atoms. The average molecular weight is 357 g/mol. The first-order valence-corrected chi connectivity index (χ1v) is 9.19. The van der Waals surface area contributed by atoms with Gasteiger partial charge in [0.2, 0.25) is 0 Å². The average Bonchev–Trinajstić information content (AvgIpc) is 3.15. The summed E-state index contributed by atoms with van der Waals surface area (Å²) in [6.45, 7) is 1.99. The number of rotatable bonds is 7. The molecule has 1 aliphatic heterocycles. The van der Waals surface area contributed by atoms with Gasteiger partial charge in [-0.3, -0.25) is 4.79 Å². The number of piperidine rings is 1. The van der Waals surface area contributed by atoms with Crippen molar-refractivity contribution in [1.29, 1.82) is 0 Å². The largest absolute Gasteiger partial charge is 0.497 e. The Bertz CT molecular complexity index is 707. The summed E-state index contributed by atoms with van der Waals surface area (Å²) < 4.78 is 15.8. The number of ether oxygens (including phenoxy) is 2. The van der Waals surface area contributed by atoms with E-state index in [1.165, 1.54) is 12.0 Å². The molecule has 1 fully saturated rings. The number of hydrogen-bond donors (Lipinski definition) is 0. The highest BCUT2D eigenvalue weighted by atomic mass is 16.5. The first-order valence-electron chi connectivity index (χ1n) is 9.19. The normalized spacial score (nSPS) is 17.3. The number of carbonyl (C=O) groups is 1. The van der Waals surface area contributed by atoms with Gasteiger partial charge in [0.05, 0.1) is 7.11 Å². The third-order valence-electron chi connectivity index (χ3n) is 4.97. The summed E-state index contributed by atoms with van der Waals surface area (Å²) in [4.78, 5) is 14.6. The van der Waals surface area contributed by atoms with Gasteiger partial charge >= 0.3 is 0 Å². The van der Waals surface area contributed by atoms with Crippen molar-refractivity contribution < 1.29 is 18.7 Å². The number of likely N-dealkylation sites (tertiary alicyclic amines) is 1. The number of amides is 1. The van der Waals surface area contributed by atoms with Crippen molar-refractivity contribution in [2.75, 3.05) is 27.3 Å². The third-order valence-corrected chi connectivity index (χ3v) is 4.97. The Hall–Kier alpha value is -2.27. The van der Waals surface area contributed by atoms with E-state index >= 15 is 0 Å². The molecule has 1 amide bonds. The van der Waals surface area contributed by atoms with Gasteiger partial charge in [0.1, 0.15) is 18.1 Å². The lowest BCUT2D eigenvalue weighted by Gasteiger charge is -2.32. The van der Waals surface area contributed by atoms with Crippen molar-refractivity contribution in [3.05, 3.63) is 53.5 Å². The van der Waals surface area contributed by atoms with Crippen LogP contribution in [0.25, 0.3) is 0 Å². The fraction of sp³-hybridized carbons (Fsp3) is 0.476. The molecule has 0 bridgehead atoms. The first kappa shape index (κ1) is 18.5. The van der Waals surface area contributed by atoms with Gasteiger partial charge in [-0.05, 0) is 61.4 Å². The van der Waals surface area contributed by atoms with Gasteiger partial charge in [-0.1, -0.05) is 12.1 Å². The molecule has 1 aromatic heterocycles. The molecule has 2 aromatic rings. The Morgan fingerprint density at radius 2 is 2.00 bits per heavy atom. The quantitative estimate of drug-likeness (QED) is 0.754. The number of hydrogen-bond acceptors (Lipinski definition) is 4. The van der Waals surface area contributed by atoms with Crippen molar-refractivity contribution in [2.45, 2.75) is 32.3 Å². The van der Waals surface area contributed by atoms with Crippen molar-refractivity contribution in [2.24, 2.45) is 5.92 Å². The molecular formula is C21H27NO4. The summed E-state index contributed by atoms with van der Waals surface area (Å²) in [5.74, 6) is 2.50. The van der Waals surface area contributed by atoms with E-state index in [0.717, 1.165) is 38.1 Å². The van der Waals surface area contributed by atoms with Crippen LogP contribution in [-0.2, 0) is 17.8 Å². The van der Waals surface area contributed by atoms with Gasteiger partial charge < -0.3 is 18.8 Å². The lowest BCUT2D eigenvalue weighted by molar-refractivity contribution is 0.0629. The first-order chi connectivity index (χ1) is 12.7. The molecule has 0 aliphatic carbocycles. The Balaban J connectivity index is 1.53. The maximum Gasteiger partial charge on any atom is 0.289 e. The predicted octanol–water partition coefficient (Wildman–Crippen LogP) is 3.92. The third kappa shape index (κ3) is 4.67. The van der Waals surface area contributed by atoms with E-state index in [9.17, 15) is 4.79 Å². The van der Waals surface area contributed by atoms with Crippen molar-refractivity contribution in [3.63, 3.8) is 0 Å². The van der Waals surface area contributed by atoms with Crippen LogP contribution in [0.3, 0.4) is 0 Å². The van der Waals surface area contributed by atoms with Crippen LogP contribution >= 0.6 is 0 Å². The van der Waals surface area contributed by atoms with Gasteiger partial charge in [0.15, 0.2) is 5.76 Å². The second kappa shape index (κ2) is 8.90.